The van der Waals surface area contributed by atoms with E-state index < -0.39 is 17.5 Å². The third-order valence-corrected chi connectivity index (χ3v) is 2.17. The molecule has 0 atom stereocenters. The van der Waals surface area contributed by atoms with Crippen LogP contribution in [-0.4, -0.2) is 0 Å². The average Bonchev–Trinajstić information content (AvgIpc) is 2.36. The lowest BCUT2D eigenvalue weighted by atomic mass is 10.0. The highest BCUT2D eigenvalue weighted by molar-refractivity contribution is 5.35. The number of hydrogen-bond donors (Lipinski definition) is 0. The van der Waals surface area contributed by atoms with Crippen molar-refractivity contribution in [2.24, 2.45) is 0 Å². The van der Waals surface area contributed by atoms with E-state index in [1.807, 2.05) is 27.7 Å². The Morgan fingerprint density at radius 1 is 0.500 bits per heavy atom. The Morgan fingerprint density at radius 3 is 1.00 bits per heavy atom. The predicted molar refractivity (Wildman–Crippen MR) is 63.2 cm³/mol. The Labute approximate surface area is 96.5 Å². The summed E-state index contributed by atoms with van der Waals surface area (Å²) in [5.41, 5.74) is 0.809. The van der Waals surface area contributed by atoms with Crippen LogP contribution in [0.2, 0.25) is 0 Å². The first kappa shape index (κ1) is 17.4. The minimum atomic E-state index is -1.38. The molecule has 0 saturated heterocycles. The number of hydrogen-bond acceptors (Lipinski definition) is 0. The van der Waals surface area contributed by atoms with Crippen LogP contribution in [0.3, 0.4) is 0 Å². The lowest BCUT2D eigenvalue weighted by Crippen LogP contribution is -2.01. The van der Waals surface area contributed by atoms with Gasteiger partial charge in [0.05, 0.1) is 0 Å². The smallest absolute Gasteiger partial charge is 0.194 e. The number of halogens is 3. The van der Waals surface area contributed by atoms with Gasteiger partial charge in [0.25, 0.3) is 0 Å². The molecule has 1 rings (SSSR count). The van der Waals surface area contributed by atoms with Gasteiger partial charge in [-0.15, -0.1) is 0 Å². The highest BCUT2D eigenvalue weighted by Crippen LogP contribution is 2.22. The number of benzene rings is 1. The van der Waals surface area contributed by atoms with Gasteiger partial charge >= 0.3 is 0 Å². The van der Waals surface area contributed by atoms with Gasteiger partial charge in [0.15, 0.2) is 17.5 Å². The van der Waals surface area contributed by atoms with Gasteiger partial charge in [-0.05, 0) is 37.5 Å². The van der Waals surface area contributed by atoms with Gasteiger partial charge in [0.1, 0.15) is 0 Å². The third-order valence-electron chi connectivity index (χ3n) is 2.17. The van der Waals surface area contributed by atoms with Crippen molar-refractivity contribution in [3.63, 3.8) is 0 Å². The van der Waals surface area contributed by atoms with Crippen LogP contribution in [0.5, 0.6) is 0 Å². The van der Waals surface area contributed by atoms with E-state index in [9.17, 15) is 13.2 Å². The van der Waals surface area contributed by atoms with E-state index in [-0.39, 0.29) is 11.1 Å². The summed E-state index contributed by atoms with van der Waals surface area (Å²) in [6.07, 6.45) is 0. The maximum atomic E-state index is 12.8. The molecular weight excluding hydrogens is 213 g/mol. The van der Waals surface area contributed by atoms with Gasteiger partial charge < -0.3 is 0 Å². The van der Waals surface area contributed by atoms with Crippen molar-refractivity contribution in [3.05, 3.63) is 34.1 Å². The van der Waals surface area contributed by atoms with Crippen molar-refractivity contribution in [3.8, 4) is 0 Å². The van der Waals surface area contributed by atoms with Crippen molar-refractivity contribution < 1.29 is 13.2 Å². The van der Waals surface area contributed by atoms with E-state index in [4.69, 9.17) is 0 Å². The fraction of sp³-hybridized carbons (Fsp3) is 0.538. The van der Waals surface area contributed by atoms with Crippen LogP contribution in [0.25, 0.3) is 0 Å². The lowest BCUT2D eigenvalue weighted by Gasteiger charge is -2.07. The van der Waals surface area contributed by atoms with E-state index in [0.29, 0.717) is 5.56 Å². The van der Waals surface area contributed by atoms with Crippen LogP contribution in [0.4, 0.5) is 13.2 Å². The van der Waals surface area contributed by atoms with Crippen molar-refractivity contribution in [1.82, 2.24) is 0 Å². The Kier molecular flexibility index (Phi) is 8.92. The summed E-state index contributed by atoms with van der Waals surface area (Å²) in [4.78, 5) is 0. The highest BCUT2D eigenvalue weighted by Gasteiger charge is 2.17. The molecule has 0 aliphatic carbocycles. The second kappa shape index (κ2) is 8.20. The molecule has 0 saturated carbocycles. The first-order valence-electron chi connectivity index (χ1n) is 5.57. The monoisotopic (exact) mass is 234 g/mol. The summed E-state index contributed by atoms with van der Waals surface area (Å²) in [7, 11) is 0. The van der Waals surface area contributed by atoms with Gasteiger partial charge in [-0.25, -0.2) is 13.2 Å². The molecule has 3 heteroatoms. The molecule has 94 valence electrons. The molecule has 0 unspecified atom stereocenters. The molecule has 0 amide bonds. The molecular formula is C13H21F3. The SMILES string of the molecule is CC.CC.Cc1c(C)c(F)c(F)c(F)c1C. The van der Waals surface area contributed by atoms with Crippen LogP contribution < -0.4 is 0 Å². The van der Waals surface area contributed by atoms with Crippen LogP contribution in [0, 0.1) is 38.2 Å². The Balaban J connectivity index is 0. The second-order valence-electron chi connectivity index (χ2n) is 2.82. The van der Waals surface area contributed by atoms with Crippen molar-refractivity contribution in [2.45, 2.75) is 48.5 Å². The molecule has 0 spiro atoms. The van der Waals surface area contributed by atoms with Crippen LogP contribution >= 0.6 is 0 Å². The van der Waals surface area contributed by atoms with Crippen LogP contribution in [0.15, 0.2) is 0 Å². The van der Waals surface area contributed by atoms with E-state index in [1.54, 1.807) is 6.92 Å². The van der Waals surface area contributed by atoms with Gasteiger partial charge in [0.2, 0.25) is 0 Å². The fourth-order valence-electron chi connectivity index (χ4n) is 1.04. The molecule has 0 radical (unpaired) electrons. The predicted octanol–water partition coefficient (Wildman–Crippen LogP) is 5.08. The van der Waals surface area contributed by atoms with Crippen molar-refractivity contribution in [2.75, 3.05) is 0 Å². The minimum Gasteiger partial charge on any atom is -0.203 e. The zero-order valence-electron chi connectivity index (χ0n) is 11.1. The molecule has 0 fully saturated rings. The van der Waals surface area contributed by atoms with Crippen molar-refractivity contribution in [1.29, 1.82) is 0 Å². The average molecular weight is 234 g/mol. The zero-order valence-corrected chi connectivity index (χ0v) is 11.1. The minimum absolute atomic E-state index is 0.173. The first-order chi connectivity index (χ1) is 7.46. The van der Waals surface area contributed by atoms with E-state index in [1.165, 1.54) is 13.8 Å². The Bertz CT molecular complexity index is 225. The second-order valence-corrected chi connectivity index (χ2v) is 2.82. The first-order valence-corrected chi connectivity index (χ1v) is 5.57. The summed E-state index contributed by atoms with van der Waals surface area (Å²) in [5, 5.41) is 0. The number of rotatable bonds is 0. The maximum Gasteiger partial charge on any atom is 0.194 e. The summed E-state index contributed by atoms with van der Waals surface area (Å²) in [6, 6.07) is 0. The van der Waals surface area contributed by atoms with E-state index in [2.05, 4.69) is 0 Å². The topological polar surface area (TPSA) is 0 Å². The summed E-state index contributed by atoms with van der Waals surface area (Å²) >= 11 is 0. The molecule has 0 nitrogen and oxygen atoms in total. The fourth-order valence-corrected chi connectivity index (χ4v) is 1.04. The van der Waals surface area contributed by atoms with Crippen LogP contribution in [-0.2, 0) is 0 Å². The van der Waals surface area contributed by atoms with E-state index in [0.717, 1.165) is 0 Å². The van der Waals surface area contributed by atoms with Gasteiger partial charge in [-0.3, -0.25) is 0 Å². The van der Waals surface area contributed by atoms with Gasteiger partial charge in [-0.1, -0.05) is 27.7 Å². The lowest BCUT2D eigenvalue weighted by molar-refractivity contribution is 0.438. The normalized spacial score (nSPS) is 8.62. The molecule has 0 aliphatic rings. The van der Waals surface area contributed by atoms with Crippen LogP contribution in [0.1, 0.15) is 44.4 Å². The maximum absolute atomic E-state index is 12.8. The molecule has 0 N–H and O–H groups in total. The van der Waals surface area contributed by atoms with Gasteiger partial charge in [-0.2, -0.15) is 0 Å². The highest BCUT2D eigenvalue weighted by atomic mass is 19.2. The Morgan fingerprint density at radius 2 is 0.750 bits per heavy atom. The standard InChI is InChI=1S/C9H9F3.2C2H6/c1-4-5(2)7(10)9(12)8(11)6(4)3;2*1-2/h1-3H3;2*1-2H3. The summed E-state index contributed by atoms with van der Waals surface area (Å²) in [6.45, 7) is 12.4. The van der Waals surface area contributed by atoms with E-state index >= 15 is 0 Å². The molecule has 0 heterocycles. The zero-order chi connectivity index (χ0) is 13.5. The summed E-state index contributed by atoms with van der Waals surface area (Å²) in [5.74, 6) is -3.55. The molecule has 0 aliphatic heterocycles. The molecule has 0 aromatic heterocycles. The molecule has 16 heavy (non-hydrogen) atoms. The molecule has 0 bridgehead atoms. The quantitative estimate of drug-likeness (QED) is 0.549. The largest absolute Gasteiger partial charge is 0.203 e. The van der Waals surface area contributed by atoms with Gasteiger partial charge in [0, 0.05) is 0 Å². The Hall–Kier alpha value is -0.990. The summed E-state index contributed by atoms with van der Waals surface area (Å²) < 4.78 is 38.3. The van der Waals surface area contributed by atoms with Crippen molar-refractivity contribution >= 4 is 0 Å². The third kappa shape index (κ3) is 3.54. The molecule has 1 aromatic carbocycles. The molecule has 1 aromatic rings.